The normalized spacial score (nSPS) is 10.7. The van der Waals surface area contributed by atoms with Crippen molar-refractivity contribution in [1.82, 2.24) is 9.38 Å². The Balaban J connectivity index is 1.74. The van der Waals surface area contributed by atoms with Gasteiger partial charge in [-0.2, -0.15) is 0 Å². The van der Waals surface area contributed by atoms with Gasteiger partial charge in [-0.25, -0.2) is 4.98 Å². The van der Waals surface area contributed by atoms with Crippen LogP contribution in [0.4, 0.5) is 0 Å². The molecular weight excluding hydrogens is 248 g/mol. The first-order valence-electron chi connectivity index (χ1n) is 5.62. The van der Waals surface area contributed by atoms with E-state index < -0.39 is 0 Å². The van der Waals surface area contributed by atoms with Gasteiger partial charge in [0, 0.05) is 17.4 Å². The van der Waals surface area contributed by atoms with Crippen LogP contribution < -0.4 is 4.74 Å². The summed E-state index contributed by atoms with van der Waals surface area (Å²) in [6.45, 7) is 0.448. The van der Waals surface area contributed by atoms with Gasteiger partial charge in [0.25, 0.3) is 0 Å². The van der Waals surface area contributed by atoms with Gasteiger partial charge in [-0.1, -0.05) is 17.7 Å². The Bertz CT molecular complexity index is 628. The average molecular weight is 259 g/mol. The molecule has 0 amide bonds. The summed E-state index contributed by atoms with van der Waals surface area (Å²) in [5.41, 5.74) is 1.82. The van der Waals surface area contributed by atoms with Crippen molar-refractivity contribution in [2.24, 2.45) is 0 Å². The number of pyridine rings is 1. The number of benzene rings is 1. The molecule has 0 spiro atoms. The largest absolute Gasteiger partial charge is 0.487 e. The molecule has 0 unspecified atom stereocenters. The quantitative estimate of drug-likeness (QED) is 0.718. The van der Waals surface area contributed by atoms with Crippen molar-refractivity contribution >= 4 is 17.2 Å². The number of rotatable bonds is 3. The Hall–Kier alpha value is -2.00. The molecular formula is C14H11ClN2O. The molecule has 0 saturated carbocycles. The van der Waals surface area contributed by atoms with E-state index in [1.165, 1.54) is 0 Å². The van der Waals surface area contributed by atoms with Gasteiger partial charge in [0.15, 0.2) is 0 Å². The van der Waals surface area contributed by atoms with Crippen LogP contribution in [-0.4, -0.2) is 9.38 Å². The highest BCUT2D eigenvalue weighted by Crippen LogP contribution is 2.16. The fraction of sp³-hybridized carbons (Fsp3) is 0.0714. The highest BCUT2D eigenvalue weighted by molar-refractivity contribution is 6.30. The van der Waals surface area contributed by atoms with Crippen molar-refractivity contribution in [3.05, 3.63) is 65.6 Å². The van der Waals surface area contributed by atoms with E-state index in [1.54, 1.807) is 12.1 Å². The SMILES string of the molecule is Clc1ccc(OCc2cn3ccccc3n2)cc1. The van der Waals surface area contributed by atoms with Crippen LogP contribution in [0.15, 0.2) is 54.9 Å². The van der Waals surface area contributed by atoms with E-state index in [-0.39, 0.29) is 0 Å². The molecule has 0 N–H and O–H groups in total. The number of halogens is 1. The second kappa shape index (κ2) is 4.70. The lowest BCUT2D eigenvalue weighted by molar-refractivity contribution is 0.302. The van der Waals surface area contributed by atoms with E-state index in [2.05, 4.69) is 4.98 Å². The van der Waals surface area contributed by atoms with Crippen molar-refractivity contribution in [1.29, 1.82) is 0 Å². The highest BCUT2D eigenvalue weighted by Gasteiger charge is 2.01. The first kappa shape index (κ1) is 11.1. The molecule has 4 heteroatoms. The minimum absolute atomic E-state index is 0.448. The third kappa shape index (κ3) is 2.31. The number of fused-ring (bicyclic) bond motifs is 1. The molecule has 0 aliphatic heterocycles. The van der Waals surface area contributed by atoms with Gasteiger partial charge in [0.2, 0.25) is 0 Å². The lowest BCUT2D eigenvalue weighted by Gasteiger charge is -2.03. The van der Waals surface area contributed by atoms with Crippen LogP contribution in [0.3, 0.4) is 0 Å². The van der Waals surface area contributed by atoms with Crippen LogP contribution >= 0.6 is 11.6 Å². The smallest absolute Gasteiger partial charge is 0.137 e. The van der Waals surface area contributed by atoms with E-state index in [0.29, 0.717) is 11.6 Å². The summed E-state index contributed by atoms with van der Waals surface area (Å²) in [5.74, 6) is 0.788. The molecule has 0 fully saturated rings. The minimum Gasteiger partial charge on any atom is -0.487 e. The average Bonchev–Trinajstić information content (AvgIpc) is 2.81. The van der Waals surface area contributed by atoms with Crippen LogP contribution in [0.2, 0.25) is 5.02 Å². The second-order valence-corrected chi connectivity index (χ2v) is 4.38. The van der Waals surface area contributed by atoms with Gasteiger partial charge in [0.1, 0.15) is 18.0 Å². The number of nitrogens with zero attached hydrogens (tertiary/aromatic N) is 2. The summed E-state index contributed by atoms with van der Waals surface area (Å²) in [6, 6.07) is 13.2. The lowest BCUT2D eigenvalue weighted by Crippen LogP contribution is -1.95. The van der Waals surface area contributed by atoms with Crippen LogP contribution in [0.5, 0.6) is 5.75 Å². The van der Waals surface area contributed by atoms with Gasteiger partial charge in [0.05, 0.1) is 5.69 Å². The molecule has 18 heavy (non-hydrogen) atoms. The van der Waals surface area contributed by atoms with Crippen molar-refractivity contribution < 1.29 is 4.74 Å². The van der Waals surface area contributed by atoms with E-state index in [9.17, 15) is 0 Å². The zero-order valence-corrected chi connectivity index (χ0v) is 10.3. The Labute approximate surface area is 110 Å². The molecule has 3 rings (SSSR count). The monoisotopic (exact) mass is 258 g/mol. The van der Waals surface area contributed by atoms with Crippen molar-refractivity contribution in [3.8, 4) is 5.75 Å². The number of hydrogen-bond acceptors (Lipinski definition) is 2. The fourth-order valence-electron chi connectivity index (χ4n) is 1.74. The summed E-state index contributed by atoms with van der Waals surface area (Å²) >= 11 is 5.81. The number of ether oxygens (including phenoxy) is 1. The molecule has 0 saturated heterocycles. The third-order valence-electron chi connectivity index (χ3n) is 2.61. The van der Waals surface area contributed by atoms with Crippen LogP contribution in [0.25, 0.3) is 5.65 Å². The molecule has 0 atom stereocenters. The van der Waals surface area contributed by atoms with E-state index in [1.807, 2.05) is 47.1 Å². The number of aromatic nitrogens is 2. The zero-order chi connectivity index (χ0) is 12.4. The molecule has 0 aliphatic rings. The van der Waals surface area contributed by atoms with Crippen molar-refractivity contribution in [3.63, 3.8) is 0 Å². The van der Waals surface area contributed by atoms with Gasteiger partial charge < -0.3 is 9.14 Å². The Kier molecular flexibility index (Phi) is 2.90. The van der Waals surface area contributed by atoms with E-state index in [4.69, 9.17) is 16.3 Å². The topological polar surface area (TPSA) is 26.5 Å². The summed E-state index contributed by atoms with van der Waals surface area (Å²) < 4.78 is 7.61. The third-order valence-corrected chi connectivity index (χ3v) is 2.87. The molecule has 0 bridgehead atoms. The number of hydrogen-bond donors (Lipinski definition) is 0. The first-order valence-corrected chi connectivity index (χ1v) is 6.00. The van der Waals surface area contributed by atoms with Gasteiger partial charge >= 0.3 is 0 Å². The lowest BCUT2D eigenvalue weighted by atomic mass is 10.3. The van der Waals surface area contributed by atoms with E-state index in [0.717, 1.165) is 17.1 Å². The summed E-state index contributed by atoms with van der Waals surface area (Å²) in [6.07, 6.45) is 3.93. The van der Waals surface area contributed by atoms with E-state index >= 15 is 0 Å². The predicted octanol–water partition coefficient (Wildman–Crippen LogP) is 3.57. The molecule has 3 nitrogen and oxygen atoms in total. The van der Waals surface area contributed by atoms with Gasteiger partial charge in [-0.3, -0.25) is 0 Å². The molecule has 0 radical (unpaired) electrons. The predicted molar refractivity (Wildman–Crippen MR) is 71.0 cm³/mol. The summed E-state index contributed by atoms with van der Waals surface area (Å²) in [5, 5.41) is 0.704. The van der Waals surface area contributed by atoms with Crippen LogP contribution in [0, 0.1) is 0 Å². The summed E-state index contributed by atoms with van der Waals surface area (Å²) in [4.78, 5) is 4.46. The molecule has 3 aromatic rings. The Morgan fingerprint density at radius 3 is 2.72 bits per heavy atom. The minimum atomic E-state index is 0.448. The number of imidazole rings is 1. The maximum Gasteiger partial charge on any atom is 0.137 e. The summed E-state index contributed by atoms with van der Waals surface area (Å²) in [7, 11) is 0. The maximum atomic E-state index is 5.81. The maximum absolute atomic E-state index is 5.81. The van der Waals surface area contributed by atoms with Crippen molar-refractivity contribution in [2.45, 2.75) is 6.61 Å². The molecule has 90 valence electrons. The van der Waals surface area contributed by atoms with Crippen LogP contribution in [-0.2, 0) is 6.61 Å². The molecule has 0 aliphatic carbocycles. The highest BCUT2D eigenvalue weighted by atomic mass is 35.5. The molecule has 2 heterocycles. The van der Waals surface area contributed by atoms with Gasteiger partial charge in [-0.15, -0.1) is 0 Å². The second-order valence-electron chi connectivity index (χ2n) is 3.94. The van der Waals surface area contributed by atoms with Crippen LogP contribution in [0.1, 0.15) is 5.69 Å². The van der Waals surface area contributed by atoms with Crippen molar-refractivity contribution in [2.75, 3.05) is 0 Å². The zero-order valence-electron chi connectivity index (χ0n) is 9.58. The first-order chi connectivity index (χ1) is 8.81. The molecule has 2 aromatic heterocycles. The Morgan fingerprint density at radius 2 is 1.94 bits per heavy atom. The van der Waals surface area contributed by atoms with Gasteiger partial charge in [-0.05, 0) is 36.4 Å². The Morgan fingerprint density at radius 1 is 1.11 bits per heavy atom. The molecule has 1 aromatic carbocycles. The standard InChI is InChI=1S/C14H11ClN2O/c15-11-4-6-13(7-5-11)18-10-12-9-17-8-2-1-3-14(17)16-12/h1-9H,10H2. The fourth-order valence-corrected chi connectivity index (χ4v) is 1.87.